The fourth-order valence-corrected chi connectivity index (χ4v) is 2.85. The Morgan fingerprint density at radius 2 is 2.10 bits per heavy atom. The van der Waals surface area contributed by atoms with E-state index < -0.39 is 0 Å². The Balaban J connectivity index is 1.70. The van der Waals surface area contributed by atoms with E-state index in [1.807, 2.05) is 30.1 Å². The highest BCUT2D eigenvalue weighted by atomic mass is 35.5. The molecule has 0 aliphatic heterocycles. The number of nitrogens with zero attached hydrogens (tertiary/aromatic N) is 4. The standard InChI is InChI=1S/C15H19ClN4/c1-19(9-12-4-3-7-17-15(12)16)10-13-8-18-20(2)14(13)11-5-6-11/h3-4,7-8,11H,5-6,9-10H2,1-2H3. The molecule has 1 fully saturated rings. The SMILES string of the molecule is CN(Cc1cccnc1Cl)Cc1cnn(C)c1C1CC1. The van der Waals surface area contributed by atoms with Gasteiger partial charge in [-0.2, -0.15) is 5.10 Å². The lowest BCUT2D eigenvalue weighted by atomic mass is 10.1. The summed E-state index contributed by atoms with van der Waals surface area (Å²) in [6, 6.07) is 3.95. The molecule has 0 spiro atoms. The molecular formula is C15H19ClN4. The second-order valence-corrected chi connectivity index (χ2v) is 5.94. The predicted molar refractivity (Wildman–Crippen MR) is 79.6 cm³/mol. The molecule has 0 N–H and O–H groups in total. The van der Waals surface area contributed by atoms with Crippen LogP contribution >= 0.6 is 11.6 Å². The lowest BCUT2D eigenvalue weighted by molar-refractivity contribution is 0.317. The third-order valence-electron chi connectivity index (χ3n) is 3.75. The smallest absolute Gasteiger partial charge is 0.133 e. The van der Waals surface area contributed by atoms with E-state index in [0.29, 0.717) is 11.1 Å². The monoisotopic (exact) mass is 290 g/mol. The van der Waals surface area contributed by atoms with Crippen LogP contribution in [0.2, 0.25) is 5.15 Å². The van der Waals surface area contributed by atoms with Crippen LogP contribution in [0.15, 0.2) is 24.5 Å². The van der Waals surface area contributed by atoms with Crippen LogP contribution in [-0.2, 0) is 20.1 Å². The average Bonchev–Trinajstić information content (AvgIpc) is 3.18. The molecule has 1 saturated carbocycles. The zero-order valence-electron chi connectivity index (χ0n) is 11.9. The molecule has 3 rings (SSSR count). The van der Waals surface area contributed by atoms with Crippen molar-refractivity contribution in [2.24, 2.45) is 7.05 Å². The quantitative estimate of drug-likeness (QED) is 0.794. The maximum atomic E-state index is 6.11. The molecule has 0 amide bonds. The van der Waals surface area contributed by atoms with Gasteiger partial charge in [0.15, 0.2) is 0 Å². The van der Waals surface area contributed by atoms with E-state index in [4.69, 9.17) is 11.6 Å². The second-order valence-electron chi connectivity index (χ2n) is 5.58. The average molecular weight is 291 g/mol. The van der Waals surface area contributed by atoms with Crippen molar-refractivity contribution < 1.29 is 0 Å². The fourth-order valence-electron chi connectivity index (χ4n) is 2.67. The first kappa shape index (κ1) is 13.6. The van der Waals surface area contributed by atoms with E-state index in [1.165, 1.54) is 24.1 Å². The Morgan fingerprint density at radius 3 is 2.80 bits per heavy atom. The number of hydrogen-bond acceptors (Lipinski definition) is 3. The topological polar surface area (TPSA) is 34.0 Å². The van der Waals surface area contributed by atoms with E-state index in [2.05, 4.69) is 22.0 Å². The molecular weight excluding hydrogens is 272 g/mol. The molecule has 20 heavy (non-hydrogen) atoms. The van der Waals surface area contributed by atoms with Crippen molar-refractivity contribution in [3.63, 3.8) is 0 Å². The van der Waals surface area contributed by atoms with Crippen LogP contribution in [0.4, 0.5) is 0 Å². The van der Waals surface area contributed by atoms with E-state index in [1.54, 1.807) is 6.20 Å². The van der Waals surface area contributed by atoms with Crippen LogP contribution in [0.25, 0.3) is 0 Å². The number of halogens is 1. The van der Waals surface area contributed by atoms with Crippen LogP contribution in [0.5, 0.6) is 0 Å². The summed E-state index contributed by atoms with van der Waals surface area (Å²) in [5.74, 6) is 0.716. The maximum Gasteiger partial charge on any atom is 0.133 e. The third-order valence-corrected chi connectivity index (χ3v) is 4.09. The van der Waals surface area contributed by atoms with Crippen molar-refractivity contribution in [3.05, 3.63) is 46.5 Å². The van der Waals surface area contributed by atoms with Gasteiger partial charge >= 0.3 is 0 Å². The Bertz CT molecular complexity index is 604. The van der Waals surface area contributed by atoms with Gasteiger partial charge in [-0.25, -0.2) is 4.98 Å². The van der Waals surface area contributed by atoms with Gasteiger partial charge in [0.1, 0.15) is 5.15 Å². The van der Waals surface area contributed by atoms with Gasteiger partial charge in [-0.3, -0.25) is 9.58 Å². The number of aromatic nitrogens is 3. The normalized spacial score (nSPS) is 15.0. The summed E-state index contributed by atoms with van der Waals surface area (Å²) in [6.07, 6.45) is 6.31. The summed E-state index contributed by atoms with van der Waals surface area (Å²) >= 11 is 6.11. The zero-order valence-corrected chi connectivity index (χ0v) is 12.6. The predicted octanol–water partition coefficient (Wildman–Crippen LogP) is 2.98. The van der Waals surface area contributed by atoms with Crippen LogP contribution in [0.3, 0.4) is 0 Å². The molecule has 0 atom stereocenters. The molecule has 0 aromatic carbocycles. The minimum Gasteiger partial charge on any atom is -0.298 e. The van der Waals surface area contributed by atoms with Crippen molar-refractivity contribution >= 4 is 11.6 Å². The van der Waals surface area contributed by atoms with Gasteiger partial charge < -0.3 is 0 Å². The van der Waals surface area contributed by atoms with Gasteiger partial charge in [-0.1, -0.05) is 17.7 Å². The van der Waals surface area contributed by atoms with Crippen molar-refractivity contribution in [1.82, 2.24) is 19.7 Å². The lowest BCUT2D eigenvalue weighted by Crippen LogP contribution is -2.18. The first-order valence-electron chi connectivity index (χ1n) is 6.94. The number of hydrogen-bond donors (Lipinski definition) is 0. The highest BCUT2D eigenvalue weighted by molar-refractivity contribution is 6.30. The maximum absolute atomic E-state index is 6.11. The molecule has 1 aliphatic carbocycles. The molecule has 0 saturated heterocycles. The fraction of sp³-hybridized carbons (Fsp3) is 0.467. The van der Waals surface area contributed by atoms with Gasteiger partial charge in [-0.15, -0.1) is 0 Å². The van der Waals surface area contributed by atoms with Gasteiger partial charge in [0, 0.05) is 49.1 Å². The number of pyridine rings is 1. The third kappa shape index (κ3) is 2.86. The first-order chi connectivity index (χ1) is 9.65. The summed E-state index contributed by atoms with van der Waals surface area (Å²) in [7, 11) is 4.14. The summed E-state index contributed by atoms with van der Waals surface area (Å²) in [5.41, 5.74) is 3.79. The number of aryl methyl sites for hydroxylation is 1. The highest BCUT2D eigenvalue weighted by Crippen LogP contribution is 2.41. The van der Waals surface area contributed by atoms with Crippen LogP contribution in [0, 0.1) is 0 Å². The Morgan fingerprint density at radius 1 is 1.35 bits per heavy atom. The van der Waals surface area contributed by atoms with Crippen molar-refractivity contribution in [2.45, 2.75) is 31.8 Å². The highest BCUT2D eigenvalue weighted by Gasteiger charge is 2.29. The molecule has 0 bridgehead atoms. The van der Waals surface area contributed by atoms with Gasteiger partial charge in [-0.05, 0) is 26.0 Å². The first-order valence-corrected chi connectivity index (χ1v) is 7.31. The molecule has 2 heterocycles. The molecule has 5 heteroatoms. The summed E-state index contributed by atoms with van der Waals surface area (Å²) in [4.78, 5) is 6.38. The zero-order chi connectivity index (χ0) is 14.1. The van der Waals surface area contributed by atoms with Crippen LogP contribution in [0.1, 0.15) is 35.6 Å². The molecule has 0 unspecified atom stereocenters. The minimum absolute atomic E-state index is 0.591. The van der Waals surface area contributed by atoms with Crippen molar-refractivity contribution in [3.8, 4) is 0 Å². The molecule has 2 aromatic rings. The molecule has 4 nitrogen and oxygen atoms in total. The summed E-state index contributed by atoms with van der Waals surface area (Å²) in [6.45, 7) is 1.69. The van der Waals surface area contributed by atoms with Crippen molar-refractivity contribution in [1.29, 1.82) is 0 Å². The lowest BCUT2D eigenvalue weighted by Gasteiger charge is -2.17. The summed E-state index contributed by atoms with van der Waals surface area (Å²) < 4.78 is 2.03. The van der Waals surface area contributed by atoms with E-state index in [0.717, 1.165) is 18.7 Å². The Kier molecular flexibility index (Phi) is 3.76. The molecule has 0 radical (unpaired) electrons. The molecule has 106 valence electrons. The summed E-state index contributed by atoms with van der Waals surface area (Å²) in [5, 5.41) is 5.00. The van der Waals surface area contributed by atoms with Crippen LogP contribution in [-0.4, -0.2) is 26.7 Å². The second kappa shape index (κ2) is 5.54. The van der Waals surface area contributed by atoms with E-state index in [9.17, 15) is 0 Å². The van der Waals surface area contributed by atoms with Crippen LogP contribution < -0.4 is 0 Å². The van der Waals surface area contributed by atoms with E-state index >= 15 is 0 Å². The Labute approximate surface area is 124 Å². The Hall–Kier alpha value is -1.39. The van der Waals surface area contributed by atoms with Gasteiger partial charge in [0.25, 0.3) is 0 Å². The van der Waals surface area contributed by atoms with Crippen molar-refractivity contribution in [2.75, 3.05) is 7.05 Å². The largest absolute Gasteiger partial charge is 0.298 e. The minimum atomic E-state index is 0.591. The molecule has 2 aromatic heterocycles. The molecule has 1 aliphatic rings. The number of rotatable bonds is 5. The van der Waals surface area contributed by atoms with E-state index in [-0.39, 0.29) is 0 Å². The van der Waals surface area contributed by atoms with Gasteiger partial charge in [0.05, 0.1) is 6.20 Å². The van der Waals surface area contributed by atoms with Gasteiger partial charge in [0.2, 0.25) is 0 Å².